The Morgan fingerprint density at radius 1 is 1.29 bits per heavy atom. The zero-order valence-corrected chi connectivity index (χ0v) is 11.6. The second kappa shape index (κ2) is 4.87. The number of imidazole rings is 1. The number of furan rings is 1. The molecule has 0 aromatic carbocycles. The zero-order valence-electron chi connectivity index (χ0n) is 11.6. The first-order chi connectivity index (χ1) is 10.3. The summed E-state index contributed by atoms with van der Waals surface area (Å²) >= 11 is 0. The van der Waals surface area contributed by atoms with E-state index in [9.17, 15) is 4.79 Å². The van der Waals surface area contributed by atoms with Gasteiger partial charge in [-0.2, -0.15) is 0 Å². The average Bonchev–Trinajstić information content (AvgIpc) is 3.14. The Labute approximate surface area is 120 Å². The average molecular weight is 284 g/mol. The molecular weight excluding hydrogens is 268 g/mol. The van der Waals surface area contributed by atoms with Gasteiger partial charge in [-0.15, -0.1) is 0 Å². The molecule has 0 aliphatic heterocycles. The van der Waals surface area contributed by atoms with Crippen LogP contribution in [0.4, 0.5) is 0 Å². The highest BCUT2D eigenvalue weighted by Crippen LogP contribution is 2.29. The lowest BCUT2D eigenvalue weighted by Crippen LogP contribution is -2.24. The molecule has 21 heavy (non-hydrogen) atoms. The van der Waals surface area contributed by atoms with Gasteiger partial charge in [-0.25, -0.2) is 14.8 Å². The maximum atomic E-state index is 12.2. The van der Waals surface area contributed by atoms with Crippen molar-refractivity contribution in [2.75, 3.05) is 0 Å². The maximum Gasteiger partial charge on any atom is 0.329 e. The van der Waals surface area contributed by atoms with Crippen molar-refractivity contribution in [3.63, 3.8) is 0 Å². The van der Waals surface area contributed by atoms with Crippen LogP contribution in [0.2, 0.25) is 0 Å². The fourth-order valence-corrected chi connectivity index (χ4v) is 3.12. The van der Waals surface area contributed by atoms with Gasteiger partial charge in [0.2, 0.25) is 0 Å². The van der Waals surface area contributed by atoms with E-state index in [0.29, 0.717) is 22.7 Å². The number of hydrogen-bond donors (Lipinski definition) is 1. The summed E-state index contributed by atoms with van der Waals surface area (Å²) in [7, 11) is 0. The lowest BCUT2D eigenvalue weighted by Gasteiger charge is -2.22. The molecule has 6 nitrogen and oxygen atoms in total. The molecule has 0 bridgehead atoms. The number of fused-ring (bicyclic) bond motifs is 1. The molecule has 0 saturated heterocycles. The Kier molecular flexibility index (Phi) is 2.87. The van der Waals surface area contributed by atoms with Gasteiger partial charge >= 0.3 is 5.69 Å². The molecule has 0 amide bonds. The summed E-state index contributed by atoms with van der Waals surface area (Å²) in [6, 6.07) is 3.87. The predicted octanol–water partition coefficient (Wildman–Crippen LogP) is 2.88. The van der Waals surface area contributed by atoms with Gasteiger partial charge in [0, 0.05) is 6.04 Å². The van der Waals surface area contributed by atoms with Crippen LogP contribution >= 0.6 is 0 Å². The van der Waals surface area contributed by atoms with E-state index in [1.54, 1.807) is 23.1 Å². The minimum absolute atomic E-state index is 0.117. The molecule has 0 spiro atoms. The number of rotatable bonds is 2. The molecule has 108 valence electrons. The summed E-state index contributed by atoms with van der Waals surface area (Å²) in [6.45, 7) is 0. The highest BCUT2D eigenvalue weighted by atomic mass is 16.3. The van der Waals surface area contributed by atoms with Gasteiger partial charge in [0.15, 0.2) is 17.1 Å². The summed E-state index contributed by atoms with van der Waals surface area (Å²) in [6.07, 6.45) is 8.92. The highest BCUT2D eigenvalue weighted by Gasteiger charge is 2.21. The van der Waals surface area contributed by atoms with Gasteiger partial charge < -0.3 is 4.42 Å². The van der Waals surface area contributed by atoms with Gasteiger partial charge in [-0.1, -0.05) is 19.3 Å². The van der Waals surface area contributed by atoms with Gasteiger partial charge in [-0.3, -0.25) is 9.55 Å². The molecule has 1 saturated carbocycles. The van der Waals surface area contributed by atoms with E-state index in [-0.39, 0.29) is 11.7 Å². The Bertz CT molecular complexity index is 810. The van der Waals surface area contributed by atoms with Crippen LogP contribution in [0.15, 0.2) is 33.8 Å². The summed E-state index contributed by atoms with van der Waals surface area (Å²) in [4.78, 5) is 24.0. The van der Waals surface area contributed by atoms with Crippen LogP contribution in [0.1, 0.15) is 38.1 Å². The van der Waals surface area contributed by atoms with Gasteiger partial charge in [0.1, 0.15) is 5.69 Å². The molecule has 1 aliphatic rings. The highest BCUT2D eigenvalue weighted by molar-refractivity contribution is 5.69. The molecule has 3 aromatic heterocycles. The SMILES string of the molecule is O=c1[nH]c2nc(-c3ccco3)cnc2n1C1CCCCC1. The lowest BCUT2D eigenvalue weighted by molar-refractivity contribution is 0.352. The Hall–Kier alpha value is -2.37. The van der Waals surface area contributed by atoms with Crippen LogP contribution in [-0.2, 0) is 0 Å². The first-order valence-corrected chi connectivity index (χ1v) is 7.34. The third-order valence-electron chi connectivity index (χ3n) is 4.14. The smallest absolute Gasteiger partial charge is 0.329 e. The van der Waals surface area contributed by atoms with Crippen LogP contribution < -0.4 is 5.69 Å². The largest absolute Gasteiger partial charge is 0.463 e. The maximum absolute atomic E-state index is 12.2. The number of H-pyrrole nitrogens is 1. The summed E-state index contributed by atoms with van der Waals surface area (Å²) in [5.41, 5.74) is 1.68. The number of nitrogens with zero attached hydrogens (tertiary/aromatic N) is 3. The molecule has 1 fully saturated rings. The van der Waals surface area contributed by atoms with Crippen LogP contribution in [0.3, 0.4) is 0 Å². The van der Waals surface area contributed by atoms with Crippen LogP contribution in [0.5, 0.6) is 0 Å². The molecule has 0 unspecified atom stereocenters. The van der Waals surface area contributed by atoms with Crippen molar-refractivity contribution in [3.8, 4) is 11.5 Å². The van der Waals surface area contributed by atoms with E-state index in [1.165, 1.54) is 19.3 Å². The second-order valence-corrected chi connectivity index (χ2v) is 5.50. The van der Waals surface area contributed by atoms with E-state index in [4.69, 9.17) is 4.42 Å². The standard InChI is InChI=1S/C15H16N4O2/c20-15-18-13-14(19(15)10-5-2-1-3-6-10)16-9-11(17-13)12-7-4-8-21-12/h4,7-10H,1-3,5-6H2,(H,17,18,20). The van der Waals surface area contributed by atoms with E-state index in [2.05, 4.69) is 15.0 Å². The van der Waals surface area contributed by atoms with Crippen molar-refractivity contribution in [1.29, 1.82) is 0 Å². The summed E-state index contributed by atoms with van der Waals surface area (Å²) < 4.78 is 7.09. The van der Waals surface area contributed by atoms with Gasteiger partial charge in [0.05, 0.1) is 12.5 Å². The number of hydrogen-bond acceptors (Lipinski definition) is 4. The van der Waals surface area contributed by atoms with Crippen molar-refractivity contribution < 1.29 is 4.42 Å². The number of aromatic nitrogens is 4. The number of aromatic amines is 1. The van der Waals surface area contributed by atoms with Crippen molar-refractivity contribution >= 4 is 11.3 Å². The van der Waals surface area contributed by atoms with Crippen molar-refractivity contribution in [3.05, 3.63) is 35.1 Å². The normalized spacial score (nSPS) is 16.6. The second-order valence-electron chi connectivity index (χ2n) is 5.50. The zero-order chi connectivity index (χ0) is 14.2. The van der Waals surface area contributed by atoms with E-state index >= 15 is 0 Å². The quantitative estimate of drug-likeness (QED) is 0.785. The van der Waals surface area contributed by atoms with Crippen molar-refractivity contribution in [2.24, 2.45) is 0 Å². The Morgan fingerprint density at radius 2 is 2.14 bits per heavy atom. The fraction of sp³-hybridized carbons (Fsp3) is 0.400. The van der Waals surface area contributed by atoms with Crippen LogP contribution in [-0.4, -0.2) is 19.5 Å². The lowest BCUT2D eigenvalue weighted by atomic mass is 9.95. The molecule has 6 heteroatoms. The molecule has 1 N–H and O–H groups in total. The first kappa shape index (κ1) is 12.4. The minimum atomic E-state index is -0.117. The topological polar surface area (TPSA) is 76.7 Å². The number of nitrogens with one attached hydrogen (secondary N) is 1. The third-order valence-corrected chi connectivity index (χ3v) is 4.14. The molecule has 3 heterocycles. The van der Waals surface area contributed by atoms with Crippen molar-refractivity contribution in [1.82, 2.24) is 19.5 Å². The molecular formula is C15H16N4O2. The first-order valence-electron chi connectivity index (χ1n) is 7.34. The minimum Gasteiger partial charge on any atom is -0.463 e. The fourth-order valence-electron chi connectivity index (χ4n) is 3.12. The summed E-state index contributed by atoms with van der Waals surface area (Å²) in [5, 5.41) is 0. The Morgan fingerprint density at radius 3 is 2.90 bits per heavy atom. The van der Waals surface area contributed by atoms with Gasteiger partial charge in [-0.05, 0) is 25.0 Å². The van der Waals surface area contributed by atoms with E-state index in [0.717, 1.165) is 12.8 Å². The van der Waals surface area contributed by atoms with Crippen molar-refractivity contribution in [2.45, 2.75) is 38.1 Å². The third kappa shape index (κ3) is 2.07. The van der Waals surface area contributed by atoms with E-state index < -0.39 is 0 Å². The molecule has 0 atom stereocenters. The van der Waals surface area contributed by atoms with Crippen LogP contribution in [0.25, 0.3) is 22.7 Å². The molecule has 1 aliphatic carbocycles. The molecule has 4 rings (SSSR count). The molecule has 3 aromatic rings. The predicted molar refractivity (Wildman–Crippen MR) is 78.0 cm³/mol. The monoisotopic (exact) mass is 284 g/mol. The van der Waals surface area contributed by atoms with E-state index in [1.807, 2.05) is 6.07 Å². The van der Waals surface area contributed by atoms with Crippen LogP contribution in [0, 0.1) is 0 Å². The molecule has 0 radical (unpaired) electrons. The van der Waals surface area contributed by atoms with Gasteiger partial charge in [0.25, 0.3) is 0 Å². The summed E-state index contributed by atoms with van der Waals surface area (Å²) in [5.74, 6) is 0.649. The Balaban J connectivity index is 1.82.